The van der Waals surface area contributed by atoms with Gasteiger partial charge in [0.25, 0.3) is 5.91 Å². The van der Waals surface area contributed by atoms with Gasteiger partial charge in [-0.3, -0.25) is 4.79 Å². The summed E-state index contributed by atoms with van der Waals surface area (Å²) in [6.45, 7) is 2.57. The molecule has 0 saturated heterocycles. The Morgan fingerprint density at radius 2 is 1.50 bits per heavy atom. The Morgan fingerprint density at radius 3 is 2.17 bits per heavy atom. The fraction of sp³-hybridized carbons (Fsp3) is 0.0952. The normalized spacial score (nSPS) is 10.4. The Bertz CT molecular complexity index is 828. The molecule has 3 heteroatoms. The van der Waals surface area contributed by atoms with Crippen molar-refractivity contribution in [2.45, 2.75) is 13.5 Å². The van der Waals surface area contributed by atoms with Crippen LogP contribution in [0, 0.1) is 6.92 Å². The summed E-state index contributed by atoms with van der Waals surface area (Å²) in [7, 11) is 0. The predicted octanol–water partition coefficient (Wildman–Crippen LogP) is 5.60. The molecule has 0 heterocycles. The number of benzene rings is 3. The maximum Gasteiger partial charge on any atom is 0.258 e. The number of hydrogen-bond donors (Lipinski definition) is 0. The minimum Gasteiger partial charge on any atom is -0.304 e. The average Bonchev–Trinajstić information content (AvgIpc) is 2.61. The SMILES string of the molecule is Cc1ccccc1N(Cc1ccccc1)C(=O)c1ccc(Br)cc1. The molecule has 24 heavy (non-hydrogen) atoms. The lowest BCUT2D eigenvalue weighted by Gasteiger charge is -2.25. The van der Waals surface area contributed by atoms with Crippen molar-refractivity contribution in [3.8, 4) is 0 Å². The highest BCUT2D eigenvalue weighted by molar-refractivity contribution is 9.10. The highest BCUT2D eigenvalue weighted by Crippen LogP contribution is 2.24. The molecule has 0 aliphatic rings. The first-order valence-electron chi connectivity index (χ1n) is 7.82. The third-order valence-electron chi connectivity index (χ3n) is 3.93. The van der Waals surface area contributed by atoms with Crippen molar-refractivity contribution in [1.29, 1.82) is 0 Å². The molecule has 0 radical (unpaired) electrons. The van der Waals surface area contributed by atoms with E-state index < -0.39 is 0 Å². The van der Waals surface area contributed by atoms with E-state index in [1.54, 1.807) is 0 Å². The number of aryl methyl sites for hydroxylation is 1. The first-order valence-corrected chi connectivity index (χ1v) is 8.61. The molecule has 0 aliphatic heterocycles. The third kappa shape index (κ3) is 3.74. The second kappa shape index (κ2) is 7.45. The van der Waals surface area contributed by atoms with Crippen molar-refractivity contribution in [2.75, 3.05) is 4.90 Å². The standard InChI is InChI=1S/C21H18BrNO/c1-16-7-5-6-10-20(16)23(15-17-8-3-2-4-9-17)21(24)18-11-13-19(22)14-12-18/h2-14H,15H2,1H3. The van der Waals surface area contributed by atoms with Crippen molar-refractivity contribution < 1.29 is 4.79 Å². The van der Waals surface area contributed by atoms with E-state index >= 15 is 0 Å². The van der Waals surface area contributed by atoms with Gasteiger partial charge >= 0.3 is 0 Å². The Morgan fingerprint density at radius 1 is 0.875 bits per heavy atom. The first-order chi connectivity index (χ1) is 11.6. The molecule has 0 unspecified atom stereocenters. The number of amides is 1. The van der Waals surface area contributed by atoms with E-state index in [9.17, 15) is 4.79 Å². The maximum absolute atomic E-state index is 13.1. The molecule has 3 aromatic rings. The number of nitrogens with zero attached hydrogens (tertiary/aromatic N) is 1. The largest absolute Gasteiger partial charge is 0.304 e. The predicted molar refractivity (Wildman–Crippen MR) is 102 cm³/mol. The quantitative estimate of drug-likeness (QED) is 0.577. The summed E-state index contributed by atoms with van der Waals surface area (Å²) >= 11 is 3.42. The van der Waals surface area contributed by atoms with Gasteiger partial charge in [0.2, 0.25) is 0 Å². The Labute approximate surface area is 150 Å². The van der Waals surface area contributed by atoms with Gasteiger partial charge in [-0.05, 0) is 48.4 Å². The number of para-hydroxylation sites is 1. The molecule has 1 amide bonds. The Kier molecular flexibility index (Phi) is 5.11. The third-order valence-corrected chi connectivity index (χ3v) is 4.45. The van der Waals surface area contributed by atoms with Gasteiger partial charge in [0.1, 0.15) is 0 Å². The maximum atomic E-state index is 13.1. The van der Waals surface area contributed by atoms with Crippen LogP contribution in [0.4, 0.5) is 5.69 Å². The van der Waals surface area contributed by atoms with E-state index in [2.05, 4.69) is 15.9 Å². The lowest BCUT2D eigenvalue weighted by Crippen LogP contribution is -2.31. The van der Waals surface area contributed by atoms with Crippen molar-refractivity contribution in [3.05, 3.63) is 100 Å². The lowest BCUT2D eigenvalue weighted by atomic mass is 10.1. The second-order valence-corrected chi connectivity index (χ2v) is 6.59. The summed E-state index contributed by atoms with van der Waals surface area (Å²) in [6.07, 6.45) is 0. The van der Waals surface area contributed by atoms with Gasteiger partial charge in [0.05, 0.1) is 6.54 Å². The van der Waals surface area contributed by atoms with Gasteiger partial charge in [0.15, 0.2) is 0 Å². The van der Waals surface area contributed by atoms with Crippen molar-refractivity contribution >= 4 is 27.5 Å². The van der Waals surface area contributed by atoms with Crippen LogP contribution in [0.5, 0.6) is 0 Å². The molecule has 2 nitrogen and oxygen atoms in total. The minimum atomic E-state index is 0.000605. The van der Waals surface area contributed by atoms with Crippen LogP contribution < -0.4 is 4.90 Å². The number of hydrogen-bond acceptors (Lipinski definition) is 1. The van der Waals surface area contributed by atoms with Gasteiger partial charge < -0.3 is 4.90 Å². The lowest BCUT2D eigenvalue weighted by molar-refractivity contribution is 0.0985. The van der Waals surface area contributed by atoms with Crippen LogP contribution in [0.1, 0.15) is 21.5 Å². The number of halogens is 1. The molecule has 0 aromatic heterocycles. The van der Waals surface area contributed by atoms with E-state index in [0.29, 0.717) is 12.1 Å². The van der Waals surface area contributed by atoms with Crippen LogP contribution in [0.25, 0.3) is 0 Å². The molecular weight excluding hydrogens is 362 g/mol. The molecule has 120 valence electrons. The molecule has 0 aliphatic carbocycles. The molecule has 3 rings (SSSR count). The summed E-state index contributed by atoms with van der Waals surface area (Å²) in [5, 5.41) is 0. The Hall–Kier alpha value is -2.39. The van der Waals surface area contributed by atoms with Gasteiger partial charge in [0, 0.05) is 15.7 Å². The number of anilines is 1. The topological polar surface area (TPSA) is 20.3 Å². The average molecular weight is 380 g/mol. The van der Waals surface area contributed by atoms with Crippen LogP contribution >= 0.6 is 15.9 Å². The summed E-state index contributed by atoms with van der Waals surface area (Å²) in [5.74, 6) is 0.000605. The van der Waals surface area contributed by atoms with Crippen LogP contribution in [0.15, 0.2) is 83.3 Å². The molecule has 0 saturated carbocycles. The smallest absolute Gasteiger partial charge is 0.258 e. The minimum absolute atomic E-state index is 0.000605. The van der Waals surface area contributed by atoms with Crippen molar-refractivity contribution in [1.82, 2.24) is 0 Å². The number of carbonyl (C=O) groups excluding carboxylic acids is 1. The van der Waals surface area contributed by atoms with E-state index in [-0.39, 0.29) is 5.91 Å². The van der Waals surface area contributed by atoms with E-state index in [1.807, 2.05) is 90.7 Å². The van der Waals surface area contributed by atoms with Crippen molar-refractivity contribution in [3.63, 3.8) is 0 Å². The zero-order chi connectivity index (χ0) is 16.9. The summed E-state index contributed by atoms with van der Waals surface area (Å²) in [6, 6.07) is 25.5. The zero-order valence-corrected chi connectivity index (χ0v) is 15.0. The summed E-state index contributed by atoms with van der Waals surface area (Å²) < 4.78 is 0.963. The number of rotatable bonds is 4. The van der Waals surface area contributed by atoms with Gasteiger partial charge in [-0.25, -0.2) is 0 Å². The van der Waals surface area contributed by atoms with Crippen molar-refractivity contribution in [2.24, 2.45) is 0 Å². The van der Waals surface area contributed by atoms with Gasteiger partial charge in [-0.2, -0.15) is 0 Å². The van der Waals surface area contributed by atoms with Gasteiger partial charge in [-0.1, -0.05) is 64.5 Å². The molecular formula is C21H18BrNO. The summed E-state index contributed by atoms with van der Waals surface area (Å²) in [4.78, 5) is 15.0. The molecule has 0 N–H and O–H groups in total. The molecule has 3 aromatic carbocycles. The Balaban J connectivity index is 2.00. The monoisotopic (exact) mass is 379 g/mol. The first kappa shape index (κ1) is 16.5. The highest BCUT2D eigenvalue weighted by atomic mass is 79.9. The van der Waals surface area contributed by atoms with Crippen LogP contribution in [-0.4, -0.2) is 5.91 Å². The van der Waals surface area contributed by atoms with E-state index in [4.69, 9.17) is 0 Å². The van der Waals surface area contributed by atoms with Crippen LogP contribution in [0.3, 0.4) is 0 Å². The highest BCUT2D eigenvalue weighted by Gasteiger charge is 2.19. The summed E-state index contributed by atoms with van der Waals surface area (Å²) in [5.41, 5.74) is 3.80. The van der Waals surface area contributed by atoms with Crippen LogP contribution in [0.2, 0.25) is 0 Å². The second-order valence-electron chi connectivity index (χ2n) is 5.67. The van der Waals surface area contributed by atoms with E-state index in [0.717, 1.165) is 21.3 Å². The van der Waals surface area contributed by atoms with Crippen LogP contribution in [-0.2, 0) is 6.54 Å². The molecule has 0 bridgehead atoms. The molecule has 0 spiro atoms. The fourth-order valence-electron chi connectivity index (χ4n) is 2.65. The molecule has 0 atom stereocenters. The molecule has 0 fully saturated rings. The van der Waals surface area contributed by atoms with Gasteiger partial charge in [-0.15, -0.1) is 0 Å². The number of carbonyl (C=O) groups is 1. The zero-order valence-electron chi connectivity index (χ0n) is 13.4. The fourth-order valence-corrected chi connectivity index (χ4v) is 2.91. The van der Waals surface area contributed by atoms with E-state index in [1.165, 1.54) is 0 Å².